The number of ether oxygens (including phenoxy) is 2. The van der Waals surface area contributed by atoms with Gasteiger partial charge in [0.25, 0.3) is 0 Å². The maximum absolute atomic E-state index is 12.8. The zero-order chi connectivity index (χ0) is 23.4. The molecular weight excluding hydrogens is 437 g/mol. The van der Waals surface area contributed by atoms with Crippen LogP contribution in [-0.2, 0) is 11.0 Å². The van der Waals surface area contributed by atoms with Crippen molar-refractivity contribution in [2.75, 3.05) is 38.2 Å². The lowest BCUT2D eigenvalue weighted by Gasteiger charge is -2.28. The number of fused-ring (bicyclic) bond motifs is 1. The summed E-state index contributed by atoms with van der Waals surface area (Å²) in [5, 5.41) is 13.8. The molecule has 2 aromatic carbocycles. The summed E-state index contributed by atoms with van der Waals surface area (Å²) in [4.78, 5) is 15.0. The van der Waals surface area contributed by atoms with Crippen LogP contribution in [-0.4, -0.2) is 48.8 Å². The average Bonchev–Trinajstić information content (AvgIpc) is 3.31. The van der Waals surface area contributed by atoms with Gasteiger partial charge in [0.1, 0.15) is 13.2 Å². The number of halogens is 3. The van der Waals surface area contributed by atoms with Gasteiger partial charge < -0.3 is 24.8 Å². The van der Waals surface area contributed by atoms with Crippen LogP contribution in [0.25, 0.3) is 0 Å². The van der Waals surface area contributed by atoms with E-state index in [9.17, 15) is 23.1 Å². The van der Waals surface area contributed by atoms with Gasteiger partial charge in [-0.2, -0.15) is 13.2 Å². The first-order chi connectivity index (χ1) is 15.8. The number of carbonyl (C=O) groups is 1. The van der Waals surface area contributed by atoms with Crippen LogP contribution in [0.1, 0.15) is 36.5 Å². The van der Waals surface area contributed by atoms with E-state index >= 15 is 0 Å². The number of anilines is 1. The van der Waals surface area contributed by atoms with Crippen LogP contribution in [0.2, 0.25) is 0 Å². The molecular formula is C24H27F3N2O4. The van der Waals surface area contributed by atoms with Gasteiger partial charge in [0, 0.05) is 24.6 Å². The lowest BCUT2D eigenvalue weighted by Crippen LogP contribution is -2.33. The monoisotopic (exact) mass is 464 g/mol. The van der Waals surface area contributed by atoms with Crippen LogP contribution in [0.4, 0.5) is 18.9 Å². The molecule has 0 bridgehead atoms. The van der Waals surface area contributed by atoms with Crippen LogP contribution in [0.5, 0.6) is 11.5 Å². The molecule has 6 nitrogen and oxygen atoms in total. The van der Waals surface area contributed by atoms with Crippen LogP contribution in [0, 0.1) is 5.92 Å². The molecule has 178 valence electrons. The number of alkyl halides is 3. The molecule has 0 unspecified atom stereocenters. The van der Waals surface area contributed by atoms with Crippen molar-refractivity contribution in [3.63, 3.8) is 0 Å². The molecule has 1 saturated heterocycles. The van der Waals surface area contributed by atoms with Crippen molar-refractivity contribution >= 4 is 11.6 Å². The highest BCUT2D eigenvalue weighted by Gasteiger charge is 2.31. The van der Waals surface area contributed by atoms with Gasteiger partial charge in [-0.05, 0) is 67.9 Å². The Morgan fingerprint density at radius 3 is 2.36 bits per heavy atom. The van der Waals surface area contributed by atoms with E-state index in [0.717, 1.165) is 38.1 Å². The number of hydrogen-bond acceptors (Lipinski definition) is 5. The first kappa shape index (κ1) is 23.4. The van der Waals surface area contributed by atoms with Gasteiger partial charge in [-0.15, -0.1) is 0 Å². The van der Waals surface area contributed by atoms with Crippen LogP contribution >= 0.6 is 0 Å². The van der Waals surface area contributed by atoms with Crippen LogP contribution < -0.4 is 14.8 Å². The van der Waals surface area contributed by atoms with E-state index in [2.05, 4.69) is 10.2 Å². The first-order valence-electron chi connectivity index (χ1n) is 11.1. The third kappa shape index (κ3) is 5.97. The molecule has 0 aliphatic carbocycles. The van der Waals surface area contributed by atoms with Crippen molar-refractivity contribution in [3.05, 3.63) is 53.6 Å². The summed E-state index contributed by atoms with van der Waals surface area (Å²) in [7, 11) is 0. The van der Waals surface area contributed by atoms with Gasteiger partial charge in [-0.3, -0.25) is 4.79 Å². The summed E-state index contributed by atoms with van der Waals surface area (Å²) in [6.45, 7) is 3.25. The summed E-state index contributed by atoms with van der Waals surface area (Å²) in [5.74, 6) is 0.413. The fraction of sp³-hybridized carbons (Fsp3) is 0.458. The van der Waals surface area contributed by atoms with E-state index in [1.165, 1.54) is 12.1 Å². The number of nitrogens with one attached hydrogen (secondary N) is 1. The number of aliphatic hydroxyl groups excluding tert-OH is 1. The van der Waals surface area contributed by atoms with E-state index in [1.54, 1.807) is 18.2 Å². The number of amides is 1. The Balaban J connectivity index is 1.46. The Hall–Kier alpha value is -2.78. The molecule has 2 aliphatic rings. The zero-order valence-electron chi connectivity index (χ0n) is 18.1. The predicted octanol–water partition coefficient (Wildman–Crippen LogP) is 4.25. The number of carbonyl (C=O) groups excluding carboxylic acids is 1. The number of likely N-dealkylation sites (tertiary alicyclic amines) is 1. The highest BCUT2D eigenvalue weighted by atomic mass is 19.4. The van der Waals surface area contributed by atoms with Gasteiger partial charge in [0.2, 0.25) is 5.91 Å². The topological polar surface area (TPSA) is 71.0 Å². The second-order valence-electron chi connectivity index (χ2n) is 8.44. The largest absolute Gasteiger partial charge is 0.486 e. The van der Waals surface area contributed by atoms with Gasteiger partial charge in [-0.25, -0.2) is 0 Å². The van der Waals surface area contributed by atoms with E-state index in [4.69, 9.17) is 9.47 Å². The first-order valence-corrected chi connectivity index (χ1v) is 11.1. The minimum Gasteiger partial charge on any atom is -0.486 e. The second kappa shape index (κ2) is 10.0. The number of rotatable bonds is 7. The fourth-order valence-electron chi connectivity index (χ4n) is 4.28. The van der Waals surface area contributed by atoms with E-state index < -0.39 is 23.8 Å². The summed E-state index contributed by atoms with van der Waals surface area (Å²) in [6.07, 6.45) is -3.18. The van der Waals surface area contributed by atoms with E-state index in [-0.39, 0.29) is 18.0 Å². The standard InChI is InChI=1S/C24H27F3N2O4/c25-24(26,27)18-4-6-19(7-5-18)28-22(30)14-17(15-29-9-1-2-10-29)23(31)16-3-8-20-21(13-16)33-12-11-32-20/h3-8,13,17,23,31H,1-2,9-12,14-15H2,(H,28,30)/t17-,23-/m1/s1. The Kier molecular flexibility index (Phi) is 7.09. The van der Waals surface area contributed by atoms with Gasteiger partial charge in [-0.1, -0.05) is 6.07 Å². The van der Waals surface area contributed by atoms with Crippen molar-refractivity contribution in [1.82, 2.24) is 4.90 Å². The highest BCUT2D eigenvalue weighted by molar-refractivity contribution is 5.90. The Bertz CT molecular complexity index is 959. The quantitative estimate of drug-likeness (QED) is 0.641. The Morgan fingerprint density at radius 2 is 1.70 bits per heavy atom. The maximum atomic E-state index is 12.8. The summed E-state index contributed by atoms with van der Waals surface area (Å²) >= 11 is 0. The lowest BCUT2D eigenvalue weighted by molar-refractivity contribution is -0.137. The molecule has 0 spiro atoms. The average molecular weight is 464 g/mol. The number of aliphatic hydroxyl groups is 1. The SMILES string of the molecule is O=C(C[C@H](CN1CCCC1)[C@H](O)c1ccc2c(c1)OCCO2)Nc1ccc(C(F)(F)F)cc1. The van der Waals surface area contributed by atoms with Crippen LogP contribution in [0.15, 0.2) is 42.5 Å². The van der Waals surface area contributed by atoms with Crippen molar-refractivity contribution < 1.29 is 32.5 Å². The molecule has 33 heavy (non-hydrogen) atoms. The molecule has 4 rings (SSSR count). The van der Waals surface area contributed by atoms with Crippen LogP contribution in [0.3, 0.4) is 0 Å². The summed E-state index contributed by atoms with van der Waals surface area (Å²) in [6, 6.07) is 9.58. The number of nitrogens with zero attached hydrogens (tertiary/aromatic N) is 1. The normalized spacial score (nSPS) is 18.1. The third-order valence-corrected chi connectivity index (χ3v) is 5.99. The molecule has 2 atom stereocenters. The van der Waals surface area contributed by atoms with E-state index in [1.807, 2.05) is 0 Å². The highest BCUT2D eigenvalue weighted by Crippen LogP contribution is 2.36. The summed E-state index contributed by atoms with van der Waals surface area (Å²) < 4.78 is 49.5. The summed E-state index contributed by atoms with van der Waals surface area (Å²) in [5.41, 5.74) is 0.133. The minimum absolute atomic E-state index is 0.0210. The van der Waals surface area contributed by atoms with Crippen molar-refractivity contribution in [2.24, 2.45) is 5.92 Å². The van der Waals surface area contributed by atoms with Gasteiger partial charge in [0.15, 0.2) is 11.5 Å². The molecule has 0 radical (unpaired) electrons. The fourth-order valence-corrected chi connectivity index (χ4v) is 4.28. The van der Waals surface area contributed by atoms with Gasteiger partial charge >= 0.3 is 6.18 Å². The Labute approximate surface area is 190 Å². The molecule has 0 saturated carbocycles. The van der Waals surface area contributed by atoms with E-state index in [0.29, 0.717) is 36.8 Å². The van der Waals surface area contributed by atoms with Crippen molar-refractivity contribution in [1.29, 1.82) is 0 Å². The molecule has 2 aromatic rings. The van der Waals surface area contributed by atoms with Gasteiger partial charge in [0.05, 0.1) is 11.7 Å². The van der Waals surface area contributed by atoms with Crippen molar-refractivity contribution in [3.8, 4) is 11.5 Å². The predicted molar refractivity (Wildman–Crippen MR) is 116 cm³/mol. The number of benzene rings is 2. The minimum atomic E-state index is -4.43. The van der Waals surface area contributed by atoms with Crippen molar-refractivity contribution in [2.45, 2.75) is 31.5 Å². The molecule has 0 aromatic heterocycles. The number of hydrogen-bond donors (Lipinski definition) is 2. The third-order valence-electron chi connectivity index (χ3n) is 5.99. The Morgan fingerprint density at radius 1 is 1.03 bits per heavy atom. The maximum Gasteiger partial charge on any atom is 0.416 e. The zero-order valence-corrected chi connectivity index (χ0v) is 18.1. The smallest absolute Gasteiger partial charge is 0.416 e. The molecule has 1 fully saturated rings. The molecule has 9 heteroatoms. The molecule has 2 aliphatic heterocycles. The second-order valence-corrected chi connectivity index (χ2v) is 8.44. The molecule has 2 heterocycles. The molecule has 2 N–H and O–H groups in total. The molecule has 1 amide bonds. The lowest BCUT2D eigenvalue weighted by atomic mass is 9.91.